The van der Waals surface area contributed by atoms with Crippen molar-refractivity contribution in [1.82, 2.24) is 10.2 Å². The average Bonchev–Trinajstić information content (AvgIpc) is 3.09. The number of amides is 1. The third kappa shape index (κ3) is 3.86. The van der Waals surface area contributed by atoms with E-state index in [9.17, 15) is 4.79 Å². The maximum atomic E-state index is 12.0. The SMILES string of the molecule is O=C(NC1=[C]CCN(CCc2ccccc2)C1)c1ccco1. The van der Waals surface area contributed by atoms with Gasteiger partial charge in [-0.2, -0.15) is 0 Å². The van der Waals surface area contributed by atoms with Crippen LogP contribution in [0.4, 0.5) is 0 Å². The minimum atomic E-state index is -0.211. The number of carbonyl (C=O) groups excluding carboxylic acids is 1. The minimum Gasteiger partial charge on any atom is -0.459 e. The standard InChI is InChI=1S/C18H19N2O2/c21-18(17-9-5-13-22-17)19-16-8-4-11-20(14-16)12-10-15-6-2-1-3-7-15/h1-3,5-7,9,13H,4,10-12,14H2,(H,19,21). The highest BCUT2D eigenvalue weighted by Gasteiger charge is 2.16. The molecule has 113 valence electrons. The Hall–Kier alpha value is -2.33. The molecule has 0 atom stereocenters. The highest BCUT2D eigenvalue weighted by Crippen LogP contribution is 2.10. The van der Waals surface area contributed by atoms with Crippen molar-refractivity contribution in [2.75, 3.05) is 19.6 Å². The van der Waals surface area contributed by atoms with Crippen LogP contribution in [0.15, 0.2) is 58.8 Å². The smallest absolute Gasteiger partial charge is 0.291 e. The Morgan fingerprint density at radius 2 is 2.09 bits per heavy atom. The van der Waals surface area contributed by atoms with Crippen molar-refractivity contribution in [2.24, 2.45) is 0 Å². The first-order valence-corrected chi connectivity index (χ1v) is 7.52. The highest BCUT2D eigenvalue weighted by molar-refractivity contribution is 5.92. The molecule has 1 aromatic carbocycles. The largest absolute Gasteiger partial charge is 0.459 e. The summed E-state index contributed by atoms with van der Waals surface area (Å²) in [6.07, 6.45) is 6.59. The lowest BCUT2D eigenvalue weighted by Crippen LogP contribution is -2.37. The highest BCUT2D eigenvalue weighted by atomic mass is 16.3. The van der Waals surface area contributed by atoms with Crippen molar-refractivity contribution in [3.8, 4) is 0 Å². The van der Waals surface area contributed by atoms with Gasteiger partial charge in [0.25, 0.3) is 5.91 Å². The van der Waals surface area contributed by atoms with E-state index in [4.69, 9.17) is 4.42 Å². The molecule has 3 rings (SSSR count). The van der Waals surface area contributed by atoms with Gasteiger partial charge >= 0.3 is 0 Å². The molecule has 0 spiro atoms. The van der Waals surface area contributed by atoms with E-state index in [-0.39, 0.29) is 5.91 Å². The van der Waals surface area contributed by atoms with Gasteiger partial charge in [-0.3, -0.25) is 9.69 Å². The van der Waals surface area contributed by atoms with Crippen LogP contribution in [0.1, 0.15) is 22.5 Å². The van der Waals surface area contributed by atoms with Crippen molar-refractivity contribution < 1.29 is 9.21 Å². The summed E-state index contributed by atoms with van der Waals surface area (Å²) in [5, 5.41) is 2.88. The molecule has 0 saturated heterocycles. The second kappa shape index (κ2) is 7.09. The molecule has 0 fully saturated rings. The lowest BCUT2D eigenvalue weighted by atomic mass is 10.1. The fraction of sp³-hybridized carbons (Fsp3) is 0.278. The zero-order chi connectivity index (χ0) is 15.2. The number of nitrogens with zero attached hydrogens (tertiary/aromatic N) is 1. The molecular formula is C18H19N2O2. The van der Waals surface area contributed by atoms with Crippen LogP contribution in [0.25, 0.3) is 0 Å². The van der Waals surface area contributed by atoms with Crippen molar-refractivity contribution in [3.63, 3.8) is 0 Å². The Balaban J connectivity index is 1.51. The second-order valence-electron chi connectivity index (χ2n) is 5.35. The summed E-state index contributed by atoms with van der Waals surface area (Å²) >= 11 is 0. The molecule has 2 heterocycles. The van der Waals surface area contributed by atoms with E-state index in [0.717, 1.165) is 38.2 Å². The van der Waals surface area contributed by atoms with Gasteiger partial charge in [0.15, 0.2) is 5.76 Å². The lowest BCUT2D eigenvalue weighted by Gasteiger charge is -2.27. The molecule has 1 radical (unpaired) electrons. The van der Waals surface area contributed by atoms with E-state index >= 15 is 0 Å². The van der Waals surface area contributed by atoms with E-state index in [1.54, 1.807) is 12.1 Å². The molecule has 4 heteroatoms. The quantitative estimate of drug-likeness (QED) is 0.922. The molecule has 1 amide bonds. The Kier molecular flexibility index (Phi) is 4.71. The molecule has 2 aromatic rings. The summed E-state index contributed by atoms with van der Waals surface area (Å²) in [5.74, 6) is 0.119. The fourth-order valence-electron chi connectivity index (χ4n) is 2.54. The lowest BCUT2D eigenvalue weighted by molar-refractivity contribution is 0.0932. The van der Waals surface area contributed by atoms with E-state index in [0.29, 0.717) is 5.76 Å². The summed E-state index contributed by atoms with van der Waals surface area (Å²) in [6, 6.07) is 13.8. The van der Waals surface area contributed by atoms with E-state index in [1.165, 1.54) is 11.8 Å². The molecule has 0 unspecified atom stereocenters. The van der Waals surface area contributed by atoms with Gasteiger partial charge in [-0.25, -0.2) is 0 Å². The van der Waals surface area contributed by atoms with Gasteiger partial charge in [-0.1, -0.05) is 30.3 Å². The second-order valence-corrected chi connectivity index (χ2v) is 5.35. The Morgan fingerprint density at radius 1 is 1.23 bits per heavy atom. The first kappa shape index (κ1) is 14.6. The summed E-state index contributed by atoms with van der Waals surface area (Å²) in [7, 11) is 0. The first-order chi connectivity index (χ1) is 10.8. The minimum absolute atomic E-state index is 0.211. The Labute approximate surface area is 130 Å². The van der Waals surface area contributed by atoms with E-state index < -0.39 is 0 Å². The van der Waals surface area contributed by atoms with Crippen LogP contribution in [0, 0.1) is 6.08 Å². The molecular weight excluding hydrogens is 276 g/mol. The van der Waals surface area contributed by atoms with Gasteiger partial charge < -0.3 is 9.73 Å². The normalized spacial score (nSPS) is 15.4. The van der Waals surface area contributed by atoms with Crippen molar-refractivity contribution >= 4 is 5.91 Å². The maximum absolute atomic E-state index is 12.0. The van der Waals surface area contributed by atoms with Gasteiger partial charge in [0.05, 0.1) is 6.26 Å². The van der Waals surface area contributed by atoms with Crippen molar-refractivity contribution in [1.29, 1.82) is 0 Å². The predicted octanol–water partition coefficient (Wildman–Crippen LogP) is 2.64. The summed E-state index contributed by atoms with van der Waals surface area (Å²) in [5.41, 5.74) is 2.17. The molecule has 0 aliphatic carbocycles. The number of hydrogen-bond donors (Lipinski definition) is 1. The third-order valence-corrected chi connectivity index (χ3v) is 3.72. The number of benzene rings is 1. The summed E-state index contributed by atoms with van der Waals surface area (Å²) in [4.78, 5) is 14.3. The van der Waals surface area contributed by atoms with Crippen LogP contribution in [0.2, 0.25) is 0 Å². The zero-order valence-electron chi connectivity index (χ0n) is 12.4. The third-order valence-electron chi connectivity index (χ3n) is 3.72. The summed E-state index contributed by atoms with van der Waals surface area (Å²) in [6.45, 7) is 2.68. The van der Waals surface area contributed by atoms with Crippen LogP contribution in [0.5, 0.6) is 0 Å². The maximum Gasteiger partial charge on any atom is 0.291 e. The summed E-state index contributed by atoms with van der Waals surface area (Å²) < 4.78 is 5.10. The molecule has 1 aliphatic rings. The number of rotatable bonds is 5. The number of carbonyl (C=O) groups is 1. The monoisotopic (exact) mass is 295 g/mol. The van der Waals surface area contributed by atoms with Gasteiger partial charge in [-0.05, 0) is 36.6 Å². The number of nitrogens with one attached hydrogen (secondary N) is 1. The van der Waals surface area contributed by atoms with E-state index in [1.807, 2.05) is 6.07 Å². The van der Waals surface area contributed by atoms with Gasteiger partial charge in [0.1, 0.15) is 0 Å². The predicted molar refractivity (Wildman–Crippen MR) is 84.1 cm³/mol. The van der Waals surface area contributed by atoms with Gasteiger partial charge in [0.2, 0.25) is 0 Å². The number of hydrogen-bond acceptors (Lipinski definition) is 3. The molecule has 4 nitrogen and oxygen atoms in total. The fourth-order valence-corrected chi connectivity index (χ4v) is 2.54. The van der Waals surface area contributed by atoms with Crippen LogP contribution in [0.3, 0.4) is 0 Å². The van der Waals surface area contributed by atoms with E-state index in [2.05, 4.69) is 40.6 Å². The molecule has 0 bridgehead atoms. The molecule has 1 N–H and O–H groups in total. The van der Waals surface area contributed by atoms with Crippen LogP contribution < -0.4 is 5.32 Å². The van der Waals surface area contributed by atoms with Crippen molar-refractivity contribution in [2.45, 2.75) is 12.8 Å². The molecule has 22 heavy (non-hydrogen) atoms. The van der Waals surface area contributed by atoms with Gasteiger partial charge in [-0.15, -0.1) is 0 Å². The molecule has 1 aliphatic heterocycles. The van der Waals surface area contributed by atoms with Crippen molar-refractivity contribution in [3.05, 3.63) is 71.8 Å². The van der Waals surface area contributed by atoms with Crippen LogP contribution >= 0.6 is 0 Å². The van der Waals surface area contributed by atoms with Crippen LogP contribution in [-0.2, 0) is 6.42 Å². The molecule has 0 saturated carbocycles. The Bertz CT molecular complexity index is 632. The number of furan rings is 1. The Morgan fingerprint density at radius 3 is 2.86 bits per heavy atom. The zero-order valence-corrected chi connectivity index (χ0v) is 12.4. The molecule has 1 aromatic heterocycles. The average molecular weight is 295 g/mol. The van der Waals surface area contributed by atoms with Gasteiger partial charge in [0, 0.05) is 25.3 Å². The topological polar surface area (TPSA) is 45.5 Å². The van der Waals surface area contributed by atoms with Crippen LogP contribution in [-0.4, -0.2) is 30.4 Å². The first-order valence-electron chi connectivity index (χ1n) is 7.52.